The summed E-state index contributed by atoms with van der Waals surface area (Å²) in [5.41, 5.74) is 7.42. The number of nitrogens with two attached hydrogens (primary N) is 1. The Kier molecular flexibility index (Phi) is 3.94. The third kappa shape index (κ3) is 3.51. The first-order valence-electron chi connectivity index (χ1n) is 5.45. The maximum atomic E-state index is 10.0. The van der Waals surface area contributed by atoms with Crippen molar-refractivity contribution in [1.29, 1.82) is 0 Å². The Morgan fingerprint density at radius 2 is 2.06 bits per heavy atom. The van der Waals surface area contributed by atoms with Crippen LogP contribution in [0, 0.1) is 6.92 Å². The first-order chi connectivity index (χ1) is 7.33. The van der Waals surface area contributed by atoms with Crippen LogP contribution in [0.1, 0.15) is 37.5 Å². The molecule has 1 aromatic rings. The van der Waals surface area contributed by atoms with Crippen LogP contribution >= 0.6 is 0 Å². The Hall–Kier alpha value is -1.06. The Labute approximate surface area is 97.2 Å². The summed E-state index contributed by atoms with van der Waals surface area (Å²) in [6.45, 7) is 5.78. The highest BCUT2D eigenvalue weighted by Gasteiger charge is 2.18. The number of benzene rings is 1. The van der Waals surface area contributed by atoms with Gasteiger partial charge in [-0.2, -0.15) is 0 Å². The normalized spacial score (nSPS) is 13.6. The van der Waals surface area contributed by atoms with E-state index in [0.29, 0.717) is 6.42 Å². The molecule has 16 heavy (non-hydrogen) atoms. The first-order valence-corrected chi connectivity index (χ1v) is 5.45. The van der Waals surface area contributed by atoms with Crippen LogP contribution in [-0.4, -0.2) is 17.8 Å². The lowest BCUT2D eigenvalue weighted by atomic mass is 9.93. The second-order valence-corrected chi connectivity index (χ2v) is 4.94. The van der Waals surface area contributed by atoms with E-state index in [1.54, 1.807) is 7.11 Å². The van der Waals surface area contributed by atoms with Gasteiger partial charge in [-0.3, -0.25) is 0 Å². The van der Waals surface area contributed by atoms with Crippen molar-refractivity contribution < 1.29 is 9.84 Å². The van der Waals surface area contributed by atoms with Gasteiger partial charge in [0, 0.05) is 5.54 Å². The standard InChI is InChI=1S/C13H21NO2/c1-9-7-10(5-6-12(9)16-4)11(15)8-13(2,3)14/h5-7,11,15H,8,14H2,1-4H3. The van der Waals surface area contributed by atoms with Crippen LogP contribution < -0.4 is 10.5 Å². The third-order valence-corrected chi connectivity index (χ3v) is 2.52. The summed E-state index contributed by atoms with van der Waals surface area (Å²) in [6.07, 6.45) is 0.0169. The van der Waals surface area contributed by atoms with Crippen LogP contribution in [0.25, 0.3) is 0 Å². The smallest absolute Gasteiger partial charge is 0.121 e. The molecule has 3 N–H and O–H groups in total. The zero-order valence-corrected chi connectivity index (χ0v) is 10.4. The van der Waals surface area contributed by atoms with E-state index in [-0.39, 0.29) is 5.54 Å². The fourth-order valence-electron chi connectivity index (χ4n) is 1.73. The number of methoxy groups -OCH3 is 1. The summed E-state index contributed by atoms with van der Waals surface area (Å²) in [4.78, 5) is 0. The quantitative estimate of drug-likeness (QED) is 0.822. The second-order valence-electron chi connectivity index (χ2n) is 4.94. The number of ether oxygens (including phenoxy) is 1. The van der Waals surface area contributed by atoms with Crippen molar-refractivity contribution in [3.63, 3.8) is 0 Å². The van der Waals surface area contributed by atoms with Gasteiger partial charge in [0.15, 0.2) is 0 Å². The average Bonchev–Trinajstić information content (AvgIpc) is 2.15. The van der Waals surface area contributed by atoms with Crippen molar-refractivity contribution >= 4 is 0 Å². The molecule has 90 valence electrons. The summed E-state index contributed by atoms with van der Waals surface area (Å²) >= 11 is 0. The summed E-state index contributed by atoms with van der Waals surface area (Å²) in [5.74, 6) is 0.836. The highest BCUT2D eigenvalue weighted by molar-refractivity contribution is 5.37. The van der Waals surface area contributed by atoms with E-state index in [0.717, 1.165) is 16.9 Å². The molecule has 3 heteroatoms. The van der Waals surface area contributed by atoms with E-state index in [1.165, 1.54) is 0 Å². The van der Waals surface area contributed by atoms with Crippen molar-refractivity contribution in [3.8, 4) is 5.75 Å². The van der Waals surface area contributed by atoms with Crippen molar-refractivity contribution in [2.45, 2.75) is 38.8 Å². The minimum absolute atomic E-state index is 0.368. The number of aliphatic hydroxyl groups is 1. The first kappa shape index (κ1) is 13.0. The molecule has 0 saturated carbocycles. The molecule has 0 radical (unpaired) electrons. The van der Waals surface area contributed by atoms with Gasteiger partial charge in [-0.25, -0.2) is 0 Å². The summed E-state index contributed by atoms with van der Waals surface area (Å²) in [6, 6.07) is 5.69. The molecule has 0 spiro atoms. The van der Waals surface area contributed by atoms with Crippen LogP contribution in [0.4, 0.5) is 0 Å². The molecule has 0 aliphatic rings. The Bertz CT molecular complexity index is 355. The van der Waals surface area contributed by atoms with Crippen molar-refractivity contribution in [2.24, 2.45) is 5.73 Å². The van der Waals surface area contributed by atoms with Crippen molar-refractivity contribution in [1.82, 2.24) is 0 Å². The molecule has 0 aromatic heterocycles. The van der Waals surface area contributed by atoms with Crippen LogP contribution in [0.15, 0.2) is 18.2 Å². The van der Waals surface area contributed by atoms with Crippen LogP contribution in [0.5, 0.6) is 5.75 Å². The molecule has 0 saturated heterocycles. The van der Waals surface area contributed by atoms with E-state index in [2.05, 4.69) is 0 Å². The Morgan fingerprint density at radius 3 is 2.50 bits per heavy atom. The van der Waals surface area contributed by atoms with E-state index in [4.69, 9.17) is 10.5 Å². The lowest BCUT2D eigenvalue weighted by Gasteiger charge is -2.23. The number of rotatable bonds is 4. The van der Waals surface area contributed by atoms with Gasteiger partial charge >= 0.3 is 0 Å². The number of hydrogen-bond acceptors (Lipinski definition) is 3. The lowest BCUT2D eigenvalue weighted by Crippen LogP contribution is -2.33. The van der Waals surface area contributed by atoms with E-state index in [1.807, 2.05) is 39.0 Å². The average molecular weight is 223 g/mol. The predicted octanol–water partition coefficient (Wildman–Crippen LogP) is 2.16. The highest BCUT2D eigenvalue weighted by atomic mass is 16.5. The lowest BCUT2D eigenvalue weighted by molar-refractivity contribution is 0.142. The summed E-state index contributed by atoms with van der Waals surface area (Å²) < 4.78 is 5.17. The van der Waals surface area contributed by atoms with Gasteiger partial charge in [0.25, 0.3) is 0 Å². The Morgan fingerprint density at radius 1 is 1.44 bits per heavy atom. The monoisotopic (exact) mass is 223 g/mol. The molecule has 0 bridgehead atoms. The Balaban J connectivity index is 2.85. The van der Waals surface area contributed by atoms with Crippen LogP contribution in [0.3, 0.4) is 0 Å². The highest BCUT2D eigenvalue weighted by Crippen LogP contribution is 2.26. The fraction of sp³-hybridized carbons (Fsp3) is 0.538. The third-order valence-electron chi connectivity index (χ3n) is 2.52. The van der Waals surface area contributed by atoms with Gasteiger partial charge in [0.1, 0.15) is 5.75 Å². The zero-order valence-electron chi connectivity index (χ0n) is 10.4. The predicted molar refractivity (Wildman–Crippen MR) is 65.6 cm³/mol. The largest absolute Gasteiger partial charge is 0.496 e. The van der Waals surface area contributed by atoms with Crippen molar-refractivity contribution in [2.75, 3.05) is 7.11 Å². The summed E-state index contributed by atoms with van der Waals surface area (Å²) in [7, 11) is 1.64. The fourth-order valence-corrected chi connectivity index (χ4v) is 1.73. The molecule has 1 aromatic carbocycles. The molecule has 0 fully saturated rings. The van der Waals surface area contributed by atoms with Gasteiger partial charge in [-0.15, -0.1) is 0 Å². The molecule has 0 heterocycles. The van der Waals surface area contributed by atoms with Crippen LogP contribution in [0.2, 0.25) is 0 Å². The topological polar surface area (TPSA) is 55.5 Å². The minimum Gasteiger partial charge on any atom is -0.496 e. The van der Waals surface area contributed by atoms with E-state index in [9.17, 15) is 5.11 Å². The van der Waals surface area contributed by atoms with Crippen LogP contribution in [-0.2, 0) is 0 Å². The number of aryl methyl sites for hydroxylation is 1. The van der Waals surface area contributed by atoms with Gasteiger partial charge in [-0.05, 0) is 50.5 Å². The van der Waals surface area contributed by atoms with Gasteiger partial charge in [-0.1, -0.05) is 6.07 Å². The molecular formula is C13H21NO2. The maximum absolute atomic E-state index is 10.0. The number of aliphatic hydroxyl groups excluding tert-OH is 1. The van der Waals surface area contributed by atoms with Gasteiger partial charge in [0.2, 0.25) is 0 Å². The second kappa shape index (κ2) is 4.85. The zero-order chi connectivity index (χ0) is 12.3. The molecular weight excluding hydrogens is 202 g/mol. The molecule has 1 rings (SSSR count). The molecule has 1 atom stereocenters. The van der Waals surface area contributed by atoms with Crippen molar-refractivity contribution in [3.05, 3.63) is 29.3 Å². The van der Waals surface area contributed by atoms with E-state index >= 15 is 0 Å². The van der Waals surface area contributed by atoms with Gasteiger partial charge in [0.05, 0.1) is 13.2 Å². The molecule has 0 amide bonds. The number of hydrogen-bond donors (Lipinski definition) is 2. The summed E-state index contributed by atoms with van der Waals surface area (Å²) in [5, 5.41) is 10.0. The molecule has 0 aliphatic carbocycles. The minimum atomic E-state index is -0.524. The van der Waals surface area contributed by atoms with E-state index < -0.39 is 6.10 Å². The molecule has 0 aliphatic heterocycles. The SMILES string of the molecule is COc1ccc(C(O)CC(C)(C)N)cc1C. The van der Waals surface area contributed by atoms with Gasteiger partial charge < -0.3 is 15.6 Å². The maximum Gasteiger partial charge on any atom is 0.121 e. The molecule has 1 unspecified atom stereocenters. The molecule has 3 nitrogen and oxygen atoms in total.